The number of benzene rings is 2. The van der Waals surface area contributed by atoms with Crippen molar-refractivity contribution < 1.29 is 9.13 Å². The van der Waals surface area contributed by atoms with Crippen molar-refractivity contribution in [2.75, 3.05) is 12.4 Å². The van der Waals surface area contributed by atoms with E-state index in [0.29, 0.717) is 13.2 Å². The van der Waals surface area contributed by atoms with E-state index >= 15 is 0 Å². The summed E-state index contributed by atoms with van der Waals surface area (Å²) in [6.45, 7) is 1.16. The molecule has 0 radical (unpaired) electrons. The summed E-state index contributed by atoms with van der Waals surface area (Å²) in [5.74, 6) is 1.46. The molecule has 2 N–H and O–H groups in total. The Balaban J connectivity index is 1.72. The molecule has 0 heterocycles. The first-order valence-electron chi connectivity index (χ1n) is 6.08. The lowest BCUT2D eigenvalue weighted by molar-refractivity contribution is 0.344. The average Bonchev–Trinajstić information content (AvgIpc) is 2.46. The van der Waals surface area contributed by atoms with Crippen LogP contribution in [0.1, 0.15) is 5.56 Å². The third kappa shape index (κ3) is 4.58. The Morgan fingerprint density at radius 3 is 2.32 bits per heavy atom. The van der Waals surface area contributed by atoms with Crippen molar-refractivity contribution >= 4 is 11.8 Å². The molecule has 0 unspecified atom stereocenters. The second kappa shape index (κ2) is 7.16. The van der Waals surface area contributed by atoms with Crippen molar-refractivity contribution in [3.8, 4) is 5.75 Å². The Morgan fingerprint density at radius 1 is 1.00 bits per heavy atom. The number of hydrogen-bond donors (Lipinski definition) is 1. The monoisotopic (exact) mass is 277 g/mol. The minimum Gasteiger partial charge on any atom is -0.493 e. The van der Waals surface area contributed by atoms with Crippen molar-refractivity contribution in [1.29, 1.82) is 0 Å². The molecule has 0 saturated heterocycles. The average molecular weight is 277 g/mol. The predicted octanol–water partition coefficient (Wildman–Crippen LogP) is 3.46. The lowest BCUT2D eigenvalue weighted by Gasteiger charge is -2.06. The van der Waals surface area contributed by atoms with Crippen LogP contribution in [0.25, 0.3) is 0 Å². The SMILES string of the molecule is NCc1ccc(OCCSc2ccc(F)cc2)cc1. The van der Waals surface area contributed by atoms with E-state index in [4.69, 9.17) is 10.5 Å². The van der Waals surface area contributed by atoms with Gasteiger partial charge in [0.25, 0.3) is 0 Å². The van der Waals surface area contributed by atoms with E-state index in [0.717, 1.165) is 22.0 Å². The van der Waals surface area contributed by atoms with E-state index in [1.54, 1.807) is 23.9 Å². The number of thioether (sulfide) groups is 1. The molecule has 2 aromatic carbocycles. The van der Waals surface area contributed by atoms with Crippen LogP contribution >= 0.6 is 11.8 Å². The topological polar surface area (TPSA) is 35.2 Å². The number of hydrogen-bond acceptors (Lipinski definition) is 3. The summed E-state index contributed by atoms with van der Waals surface area (Å²) in [4.78, 5) is 1.04. The maximum atomic E-state index is 12.7. The van der Waals surface area contributed by atoms with Crippen molar-refractivity contribution in [3.05, 3.63) is 59.9 Å². The zero-order valence-electron chi connectivity index (χ0n) is 10.5. The molecule has 0 spiro atoms. The van der Waals surface area contributed by atoms with Gasteiger partial charge in [-0.3, -0.25) is 0 Å². The first-order chi connectivity index (χ1) is 9.28. The van der Waals surface area contributed by atoms with Gasteiger partial charge in [0, 0.05) is 17.2 Å². The first-order valence-corrected chi connectivity index (χ1v) is 7.06. The molecule has 0 aliphatic rings. The van der Waals surface area contributed by atoms with Gasteiger partial charge in [-0.1, -0.05) is 12.1 Å². The summed E-state index contributed by atoms with van der Waals surface area (Å²) in [5, 5.41) is 0. The minimum absolute atomic E-state index is 0.208. The Kier molecular flexibility index (Phi) is 5.24. The normalized spacial score (nSPS) is 10.4. The fourth-order valence-corrected chi connectivity index (χ4v) is 2.30. The summed E-state index contributed by atoms with van der Waals surface area (Å²) in [5.41, 5.74) is 6.62. The predicted molar refractivity (Wildman–Crippen MR) is 77.0 cm³/mol. The van der Waals surface area contributed by atoms with Crippen LogP contribution in [0, 0.1) is 5.82 Å². The van der Waals surface area contributed by atoms with Gasteiger partial charge in [0.05, 0.1) is 6.61 Å². The summed E-state index contributed by atoms with van der Waals surface area (Å²) < 4.78 is 18.3. The summed E-state index contributed by atoms with van der Waals surface area (Å²) >= 11 is 1.64. The number of ether oxygens (including phenoxy) is 1. The highest BCUT2D eigenvalue weighted by molar-refractivity contribution is 7.99. The van der Waals surface area contributed by atoms with Crippen molar-refractivity contribution in [1.82, 2.24) is 0 Å². The molecule has 0 aromatic heterocycles. The maximum absolute atomic E-state index is 12.7. The molecular weight excluding hydrogens is 261 g/mol. The Labute approximate surface area is 116 Å². The first kappa shape index (κ1) is 13.9. The van der Waals surface area contributed by atoms with Crippen LogP contribution in [-0.4, -0.2) is 12.4 Å². The van der Waals surface area contributed by atoms with Crippen LogP contribution in [0.5, 0.6) is 5.75 Å². The number of halogens is 1. The second-order valence-corrected chi connectivity index (χ2v) is 5.17. The molecular formula is C15H16FNOS. The largest absolute Gasteiger partial charge is 0.493 e. The summed E-state index contributed by atoms with van der Waals surface area (Å²) in [6, 6.07) is 14.2. The second-order valence-electron chi connectivity index (χ2n) is 4.00. The van der Waals surface area contributed by atoms with Gasteiger partial charge in [-0.05, 0) is 42.0 Å². The van der Waals surface area contributed by atoms with Crippen LogP contribution in [0.4, 0.5) is 4.39 Å². The zero-order chi connectivity index (χ0) is 13.5. The van der Waals surface area contributed by atoms with Crippen LogP contribution in [-0.2, 0) is 6.54 Å². The van der Waals surface area contributed by atoms with Gasteiger partial charge in [0.1, 0.15) is 11.6 Å². The highest BCUT2D eigenvalue weighted by atomic mass is 32.2. The maximum Gasteiger partial charge on any atom is 0.123 e. The third-order valence-electron chi connectivity index (χ3n) is 2.59. The van der Waals surface area contributed by atoms with Crippen LogP contribution in [0.15, 0.2) is 53.4 Å². The molecule has 2 rings (SSSR count). The molecule has 100 valence electrons. The standard InChI is InChI=1S/C15H16FNOS/c16-13-3-7-15(8-4-13)19-10-9-18-14-5-1-12(11-17)2-6-14/h1-8H,9-11,17H2. The Hall–Kier alpha value is -1.52. The van der Waals surface area contributed by atoms with Gasteiger partial charge in [-0.2, -0.15) is 0 Å². The Bertz CT molecular complexity index is 499. The van der Waals surface area contributed by atoms with E-state index in [-0.39, 0.29) is 5.82 Å². The van der Waals surface area contributed by atoms with Crippen LogP contribution < -0.4 is 10.5 Å². The van der Waals surface area contributed by atoms with E-state index < -0.39 is 0 Å². The van der Waals surface area contributed by atoms with Gasteiger partial charge in [-0.15, -0.1) is 11.8 Å². The highest BCUT2D eigenvalue weighted by Gasteiger charge is 1.97. The molecule has 0 aliphatic carbocycles. The van der Waals surface area contributed by atoms with E-state index in [1.165, 1.54) is 12.1 Å². The Morgan fingerprint density at radius 2 is 1.68 bits per heavy atom. The van der Waals surface area contributed by atoms with Crippen molar-refractivity contribution in [2.45, 2.75) is 11.4 Å². The van der Waals surface area contributed by atoms with Crippen LogP contribution in [0.2, 0.25) is 0 Å². The number of nitrogens with two attached hydrogens (primary N) is 1. The van der Waals surface area contributed by atoms with Gasteiger partial charge >= 0.3 is 0 Å². The molecule has 0 saturated carbocycles. The quantitative estimate of drug-likeness (QED) is 0.649. The molecule has 0 fully saturated rings. The molecule has 0 bridgehead atoms. The molecule has 0 aliphatic heterocycles. The van der Waals surface area contributed by atoms with E-state index in [1.807, 2.05) is 24.3 Å². The molecule has 2 nitrogen and oxygen atoms in total. The lowest BCUT2D eigenvalue weighted by Crippen LogP contribution is -2.01. The van der Waals surface area contributed by atoms with Crippen molar-refractivity contribution in [2.24, 2.45) is 5.73 Å². The lowest BCUT2D eigenvalue weighted by atomic mass is 10.2. The molecule has 2 aromatic rings. The highest BCUT2D eigenvalue weighted by Crippen LogP contribution is 2.18. The molecule has 4 heteroatoms. The third-order valence-corrected chi connectivity index (χ3v) is 3.57. The fourth-order valence-electron chi connectivity index (χ4n) is 1.57. The smallest absolute Gasteiger partial charge is 0.123 e. The minimum atomic E-state index is -0.208. The molecule has 0 atom stereocenters. The zero-order valence-corrected chi connectivity index (χ0v) is 11.3. The van der Waals surface area contributed by atoms with Crippen molar-refractivity contribution in [3.63, 3.8) is 0 Å². The van der Waals surface area contributed by atoms with Crippen LogP contribution in [0.3, 0.4) is 0 Å². The molecule has 19 heavy (non-hydrogen) atoms. The number of rotatable bonds is 6. The summed E-state index contributed by atoms with van der Waals surface area (Å²) in [7, 11) is 0. The van der Waals surface area contributed by atoms with E-state index in [2.05, 4.69) is 0 Å². The van der Waals surface area contributed by atoms with Gasteiger partial charge < -0.3 is 10.5 Å². The van der Waals surface area contributed by atoms with Gasteiger partial charge in [0.2, 0.25) is 0 Å². The van der Waals surface area contributed by atoms with E-state index in [9.17, 15) is 4.39 Å². The molecule has 0 amide bonds. The fraction of sp³-hybridized carbons (Fsp3) is 0.200. The summed E-state index contributed by atoms with van der Waals surface area (Å²) in [6.07, 6.45) is 0. The van der Waals surface area contributed by atoms with Gasteiger partial charge in [0.15, 0.2) is 0 Å². The van der Waals surface area contributed by atoms with Gasteiger partial charge in [-0.25, -0.2) is 4.39 Å².